The first kappa shape index (κ1) is 20.4. The normalized spacial score (nSPS) is 25.2. The number of benzene rings is 1. The lowest BCUT2D eigenvalue weighted by Gasteiger charge is -2.33. The summed E-state index contributed by atoms with van der Waals surface area (Å²) in [6.07, 6.45) is 13.7. The van der Waals surface area contributed by atoms with Gasteiger partial charge in [-0.1, -0.05) is 42.5 Å². The van der Waals surface area contributed by atoms with Crippen molar-refractivity contribution >= 4 is 11.8 Å². The van der Waals surface area contributed by atoms with Gasteiger partial charge in [0.2, 0.25) is 0 Å². The third-order valence-corrected chi connectivity index (χ3v) is 6.12. The molecule has 0 spiro atoms. The molecule has 0 aromatic heterocycles. The summed E-state index contributed by atoms with van der Waals surface area (Å²) in [7, 11) is 0. The number of carbonyl (C=O) groups is 2. The minimum Gasteiger partial charge on any atom is -0.508 e. The lowest BCUT2D eigenvalue weighted by atomic mass is 9.71. The van der Waals surface area contributed by atoms with Gasteiger partial charge >= 0.3 is 5.97 Å². The second-order valence-electron chi connectivity index (χ2n) is 7.86. The molecule has 0 radical (unpaired) electrons. The molecule has 1 saturated carbocycles. The van der Waals surface area contributed by atoms with Gasteiger partial charge in [0.15, 0.2) is 5.78 Å². The van der Waals surface area contributed by atoms with Gasteiger partial charge in [-0.25, -0.2) is 0 Å². The molecule has 0 bridgehead atoms. The molecule has 28 heavy (non-hydrogen) atoms. The van der Waals surface area contributed by atoms with Crippen molar-refractivity contribution in [3.8, 4) is 5.75 Å². The van der Waals surface area contributed by atoms with E-state index in [9.17, 15) is 14.7 Å². The SMILES string of the molecule is CCOC(=O)C(Cc1ccccc1O)C(=O)[C@H]1CC[C@H](C2C=CC=CC2)CC1. The lowest BCUT2D eigenvalue weighted by Crippen LogP contribution is -2.35. The summed E-state index contributed by atoms with van der Waals surface area (Å²) in [5.74, 6) is -0.137. The third-order valence-electron chi connectivity index (χ3n) is 6.12. The van der Waals surface area contributed by atoms with Gasteiger partial charge in [0.05, 0.1) is 6.61 Å². The first-order valence-electron chi connectivity index (χ1n) is 10.4. The van der Waals surface area contributed by atoms with E-state index in [-0.39, 0.29) is 30.5 Å². The van der Waals surface area contributed by atoms with Crippen molar-refractivity contribution in [2.75, 3.05) is 6.61 Å². The van der Waals surface area contributed by atoms with E-state index in [4.69, 9.17) is 4.74 Å². The van der Waals surface area contributed by atoms with Crippen LogP contribution >= 0.6 is 0 Å². The molecule has 2 unspecified atom stereocenters. The maximum atomic E-state index is 13.2. The van der Waals surface area contributed by atoms with Crippen LogP contribution < -0.4 is 0 Å². The number of Topliss-reactive ketones (excluding diaryl/α,β-unsaturated/α-hetero) is 1. The second-order valence-corrected chi connectivity index (χ2v) is 7.86. The summed E-state index contributed by atoms with van der Waals surface area (Å²) < 4.78 is 5.19. The highest BCUT2D eigenvalue weighted by Crippen LogP contribution is 2.38. The molecule has 0 heterocycles. The predicted molar refractivity (Wildman–Crippen MR) is 109 cm³/mol. The maximum Gasteiger partial charge on any atom is 0.316 e. The molecule has 150 valence electrons. The molecule has 0 saturated heterocycles. The fourth-order valence-corrected chi connectivity index (χ4v) is 4.51. The van der Waals surface area contributed by atoms with Gasteiger partial charge in [-0.3, -0.25) is 9.59 Å². The summed E-state index contributed by atoms with van der Waals surface area (Å²) in [6, 6.07) is 6.88. The van der Waals surface area contributed by atoms with Gasteiger partial charge in [0.25, 0.3) is 0 Å². The van der Waals surface area contributed by atoms with Crippen LogP contribution in [0.25, 0.3) is 0 Å². The molecular weight excluding hydrogens is 352 g/mol. The topological polar surface area (TPSA) is 63.6 Å². The smallest absolute Gasteiger partial charge is 0.316 e. The number of carbonyl (C=O) groups excluding carboxylic acids is 2. The molecule has 2 aliphatic rings. The summed E-state index contributed by atoms with van der Waals surface area (Å²) in [5.41, 5.74) is 0.613. The van der Waals surface area contributed by atoms with E-state index in [1.54, 1.807) is 31.2 Å². The highest BCUT2D eigenvalue weighted by atomic mass is 16.5. The zero-order chi connectivity index (χ0) is 19.9. The van der Waals surface area contributed by atoms with Crippen molar-refractivity contribution in [3.05, 3.63) is 54.1 Å². The molecule has 2 aliphatic carbocycles. The number of para-hydroxylation sites is 1. The van der Waals surface area contributed by atoms with E-state index >= 15 is 0 Å². The number of allylic oxidation sites excluding steroid dienone is 4. The first-order valence-corrected chi connectivity index (χ1v) is 10.4. The van der Waals surface area contributed by atoms with E-state index in [0.717, 1.165) is 32.1 Å². The van der Waals surface area contributed by atoms with E-state index in [0.29, 0.717) is 17.4 Å². The number of aromatic hydroxyl groups is 1. The summed E-state index contributed by atoms with van der Waals surface area (Å²) in [5, 5.41) is 10.1. The highest BCUT2D eigenvalue weighted by molar-refractivity contribution is 6.00. The van der Waals surface area contributed by atoms with Crippen LogP contribution in [0.15, 0.2) is 48.6 Å². The fraction of sp³-hybridized carbons (Fsp3) is 0.500. The molecule has 3 rings (SSSR count). The Hall–Kier alpha value is -2.36. The van der Waals surface area contributed by atoms with Crippen LogP contribution in [0.5, 0.6) is 5.75 Å². The van der Waals surface area contributed by atoms with Gasteiger partial charge in [-0.15, -0.1) is 0 Å². The minimum absolute atomic E-state index is 0.0285. The molecule has 1 N–H and O–H groups in total. The number of rotatable bonds is 7. The molecule has 4 heteroatoms. The van der Waals surface area contributed by atoms with E-state index in [1.807, 2.05) is 0 Å². The van der Waals surface area contributed by atoms with E-state index in [1.165, 1.54) is 0 Å². The van der Waals surface area contributed by atoms with Crippen molar-refractivity contribution < 1.29 is 19.4 Å². The van der Waals surface area contributed by atoms with E-state index in [2.05, 4.69) is 24.3 Å². The number of phenolic OH excluding ortho intramolecular Hbond substituents is 1. The van der Waals surface area contributed by atoms with Crippen molar-refractivity contribution in [1.82, 2.24) is 0 Å². The zero-order valence-electron chi connectivity index (χ0n) is 16.5. The Labute approximate surface area is 167 Å². The van der Waals surface area contributed by atoms with Crippen LogP contribution in [0.1, 0.15) is 44.6 Å². The van der Waals surface area contributed by atoms with Crippen LogP contribution in [0.3, 0.4) is 0 Å². The summed E-state index contributed by atoms with van der Waals surface area (Å²) in [4.78, 5) is 25.7. The van der Waals surface area contributed by atoms with Gasteiger partial charge in [0.1, 0.15) is 11.7 Å². The molecule has 1 aromatic rings. The average molecular weight is 383 g/mol. The third kappa shape index (κ3) is 4.92. The van der Waals surface area contributed by atoms with Gasteiger partial charge in [0, 0.05) is 5.92 Å². The Morgan fingerprint density at radius 1 is 1.14 bits per heavy atom. The van der Waals surface area contributed by atoms with Gasteiger partial charge in [-0.2, -0.15) is 0 Å². The lowest BCUT2D eigenvalue weighted by molar-refractivity contribution is -0.153. The molecular formula is C24H30O4. The quantitative estimate of drug-likeness (QED) is 0.552. The molecule has 4 nitrogen and oxygen atoms in total. The standard InChI is InChI=1S/C24H30O4/c1-2-28-24(27)21(16-20-10-6-7-11-22(20)25)23(26)19-14-12-18(13-15-19)17-8-4-3-5-9-17/h3-8,10-11,17-19,21,25H,2,9,12-16H2,1H3/t17?,18-,19-,21?. The zero-order valence-corrected chi connectivity index (χ0v) is 16.5. The number of ketones is 1. The van der Waals surface area contributed by atoms with Crippen molar-refractivity contribution in [1.29, 1.82) is 0 Å². The maximum absolute atomic E-state index is 13.2. The van der Waals surface area contributed by atoms with Gasteiger partial charge < -0.3 is 9.84 Å². The Morgan fingerprint density at radius 2 is 1.89 bits per heavy atom. The van der Waals surface area contributed by atoms with Crippen LogP contribution in [-0.2, 0) is 20.7 Å². The van der Waals surface area contributed by atoms with E-state index < -0.39 is 11.9 Å². The number of hydrogen-bond acceptors (Lipinski definition) is 4. The average Bonchev–Trinajstić information content (AvgIpc) is 2.73. The van der Waals surface area contributed by atoms with Crippen LogP contribution in [-0.4, -0.2) is 23.5 Å². The molecule has 1 aromatic carbocycles. The number of hydrogen-bond donors (Lipinski definition) is 1. The number of ether oxygens (including phenoxy) is 1. The van der Waals surface area contributed by atoms with Crippen molar-refractivity contribution in [2.45, 2.75) is 45.4 Å². The molecule has 1 fully saturated rings. The summed E-state index contributed by atoms with van der Waals surface area (Å²) in [6.45, 7) is 1.99. The van der Waals surface area contributed by atoms with Crippen LogP contribution in [0.4, 0.5) is 0 Å². The Bertz CT molecular complexity index is 741. The Kier molecular flexibility index (Phi) is 7.07. The van der Waals surface area contributed by atoms with Crippen molar-refractivity contribution in [2.24, 2.45) is 23.7 Å². The number of phenols is 1. The second kappa shape index (κ2) is 9.72. The summed E-state index contributed by atoms with van der Waals surface area (Å²) >= 11 is 0. The van der Waals surface area contributed by atoms with Crippen LogP contribution in [0.2, 0.25) is 0 Å². The Balaban J connectivity index is 1.66. The van der Waals surface area contributed by atoms with Gasteiger partial charge in [-0.05, 0) is 68.9 Å². The monoisotopic (exact) mass is 382 g/mol. The molecule has 0 amide bonds. The number of esters is 1. The van der Waals surface area contributed by atoms with Crippen molar-refractivity contribution in [3.63, 3.8) is 0 Å². The minimum atomic E-state index is -0.840. The fourth-order valence-electron chi connectivity index (χ4n) is 4.51. The predicted octanol–water partition coefficient (Wildman–Crippen LogP) is 4.62. The molecule has 2 atom stereocenters. The largest absolute Gasteiger partial charge is 0.508 e. The molecule has 0 aliphatic heterocycles. The first-order chi connectivity index (χ1) is 13.6. The Morgan fingerprint density at radius 3 is 2.54 bits per heavy atom. The highest BCUT2D eigenvalue weighted by Gasteiger charge is 2.37. The van der Waals surface area contributed by atoms with Crippen LogP contribution in [0, 0.1) is 23.7 Å².